The predicted molar refractivity (Wildman–Crippen MR) is 83.7 cm³/mol. The van der Waals surface area contributed by atoms with Crippen LogP contribution in [0.25, 0.3) is 0 Å². The van der Waals surface area contributed by atoms with Crippen molar-refractivity contribution in [3.63, 3.8) is 0 Å². The second-order valence-corrected chi connectivity index (χ2v) is 6.10. The van der Waals surface area contributed by atoms with E-state index in [1.807, 2.05) is 7.05 Å². The van der Waals surface area contributed by atoms with E-state index in [-0.39, 0.29) is 12.6 Å². The monoisotopic (exact) mass is 326 g/mol. The summed E-state index contributed by atoms with van der Waals surface area (Å²) in [6.07, 6.45) is 3.52. The zero-order chi connectivity index (χ0) is 13.8. The van der Waals surface area contributed by atoms with Gasteiger partial charge in [0.2, 0.25) is 0 Å². The van der Waals surface area contributed by atoms with Gasteiger partial charge in [-0.15, -0.1) is 0 Å². The fraction of sp³-hybridized carbons (Fsp3) is 0.600. The molecule has 2 unspecified atom stereocenters. The first-order chi connectivity index (χ1) is 9.17. The second-order valence-electron chi connectivity index (χ2n) is 5.24. The van der Waals surface area contributed by atoms with Crippen molar-refractivity contribution in [1.29, 1.82) is 0 Å². The maximum atomic E-state index is 9.51. The van der Waals surface area contributed by atoms with E-state index in [0.717, 1.165) is 17.4 Å². The highest BCUT2D eigenvalue weighted by molar-refractivity contribution is 9.10. The minimum absolute atomic E-state index is 0.242. The fourth-order valence-electron chi connectivity index (χ4n) is 2.73. The second kappa shape index (κ2) is 6.73. The van der Waals surface area contributed by atoms with Gasteiger partial charge in [0.1, 0.15) is 0 Å². The number of aliphatic hydroxyl groups is 1. The van der Waals surface area contributed by atoms with Crippen molar-refractivity contribution >= 4 is 21.6 Å². The maximum absolute atomic E-state index is 9.51. The smallest absolute Gasteiger partial charge is 0.0635 e. The van der Waals surface area contributed by atoms with Crippen LogP contribution in [0.2, 0.25) is 0 Å². The van der Waals surface area contributed by atoms with Crippen LogP contribution in [0.1, 0.15) is 37.8 Å². The van der Waals surface area contributed by atoms with Gasteiger partial charge >= 0.3 is 0 Å². The van der Waals surface area contributed by atoms with Gasteiger partial charge in [0.05, 0.1) is 12.6 Å². The molecule has 0 aliphatic carbocycles. The normalized spacial score (nSPS) is 21.5. The third-order valence-electron chi connectivity index (χ3n) is 4.05. The van der Waals surface area contributed by atoms with Gasteiger partial charge in [-0.1, -0.05) is 22.0 Å². The van der Waals surface area contributed by atoms with Crippen molar-refractivity contribution in [1.82, 2.24) is 5.32 Å². The van der Waals surface area contributed by atoms with Crippen molar-refractivity contribution < 1.29 is 5.11 Å². The first-order valence-corrected chi connectivity index (χ1v) is 7.81. The summed E-state index contributed by atoms with van der Waals surface area (Å²) in [6, 6.07) is 7.12. The predicted octanol–water partition coefficient (Wildman–Crippen LogP) is 3.08. The van der Waals surface area contributed by atoms with Crippen molar-refractivity contribution in [2.75, 3.05) is 25.1 Å². The Morgan fingerprint density at radius 1 is 1.47 bits per heavy atom. The lowest BCUT2D eigenvalue weighted by atomic mass is 10.0. The van der Waals surface area contributed by atoms with Crippen molar-refractivity contribution in [3.8, 4) is 0 Å². The highest BCUT2D eigenvalue weighted by atomic mass is 79.9. The van der Waals surface area contributed by atoms with Crippen LogP contribution in [0.3, 0.4) is 0 Å². The molecular weight excluding hydrogens is 304 g/mol. The quantitative estimate of drug-likeness (QED) is 0.892. The summed E-state index contributed by atoms with van der Waals surface area (Å²) in [4.78, 5) is 2.34. The Labute approximate surface area is 124 Å². The Kier molecular flexibility index (Phi) is 5.25. The fourth-order valence-corrected chi connectivity index (χ4v) is 3.44. The average molecular weight is 327 g/mol. The van der Waals surface area contributed by atoms with Gasteiger partial charge < -0.3 is 15.3 Å². The van der Waals surface area contributed by atoms with Crippen LogP contribution in [-0.2, 0) is 0 Å². The molecule has 1 aromatic carbocycles. The summed E-state index contributed by atoms with van der Waals surface area (Å²) in [6.45, 7) is 3.43. The van der Waals surface area contributed by atoms with Gasteiger partial charge in [0.15, 0.2) is 0 Å². The number of hydrogen-bond acceptors (Lipinski definition) is 3. The molecule has 19 heavy (non-hydrogen) atoms. The summed E-state index contributed by atoms with van der Waals surface area (Å²) in [7, 11) is 1.97. The first-order valence-electron chi connectivity index (χ1n) is 7.01. The van der Waals surface area contributed by atoms with Crippen LogP contribution in [0.15, 0.2) is 22.7 Å². The van der Waals surface area contributed by atoms with Gasteiger partial charge in [-0.05, 0) is 50.9 Å². The molecular formula is C15H23BrN2O. The number of nitrogens with one attached hydrogen (secondary N) is 1. The molecule has 2 atom stereocenters. The van der Waals surface area contributed by atoms with Crippen LogP contribution < -0.4 is 10.2 Å². The SMILES string of the molecule is CNC(C)c1ccc(N2CCCCC2CO)cc1Br. The average Bonchev–Trinajstić information content (AvgIpc) is 2.46. The van der Waals surface area contributed by atoms with Gasteiger partial charge in [0, 0.05) is 22.7 Å². The Bertz CT molecular complexity index is 425. The number of aliphatic hydroxyl groups excluding tert-OH is 1. The lowest BCUT2D eigenvalue weighted by Gasteiger charge is -2.36. The molecule has 106 valence electrons. The van der Waals surface area contributed by atoms with Gasteiger partial charge in [0.25, 0.3) is 0 Å². The van der Waals surface area contributed by atoms with Gasteiger partial charge in [-0.3, -0.25) is 0 Å². The van der Waals surface area contributed by atoms with E-state index in [4.69, 9.17) is 0 Å². The summed E-state index contributed by atoms with van der Waals surface area (Å²) in [5, 5.41) is 12.8. The van der Waals surface area contributed by atoms with Crippen LogP contribution in [0, 0.1) is 0 Å². The van der Waals surface area contributed by atoms with Crippen LogP contribution in [0.4, 0.5) is 5.69 Å². The van der Waals surface area contributed by atoms with Crippen LogP contribution >= 0.6 is 15.9 Å². The Hall–Kier alpha value is -0.580. The lowest BCUT2D eigenvalue weighted by molar-refractivity contribution is 0.240. The first kappa shape index (κ1) is 14.8. The summed E-state index contributed by atoms with van der Waals surface area (Å²) < 4.78 is 1.13. The molecule has 3 nitrogen and oxygen atoms in total. The molecule has 0 amide bonds. The molecule has 0 aromatic heterocycles. The van der Waals surface area contributed by atoms with Crippen molar-refractivity contribution in [2.45, 2.75) is 38.3 Å². The van der Waals surface area contributed by atoms with E-state index >= 15 is 0 Å². The molecule has 2 rings (SSSR count). The third kappa shape index (κ3) is 3.30. The van der Waals surface area contributed by atoms with Gasteiger partial charge in [-0.2, -0.15) is 0 Å². The minimum atomic E-state index is 0.242. The zero-order valence-electron chi connectivity index (χ0n) is 11.7. The Morgan fingerprint density at radius 2 is 2.26 bits per heavy atom. The Balaban J connectivity index is 2.23. The number of piperidine rings is 1. The minimum Gasteiger partial charge on any atom is -0.394 e. The van der Waals surface area contributed by atoms with E-state index < -0.39 is 0 Å². The van der Waals surface area contributed by atoms with Crippen molar-refractivity contribution in [3.05, 3.63) is 28.2 Å². The molecule has 0 saturated carbocycles. The van der Waals surface area contributed by atoms with Gasteiger partial charge in [-0.25, -0.2) is 0 Å². The Morgan fingerprint density at radius 3 is 2.89 bits per heavy atom. The van der Waals surface area contributed by atoms with E-state index in [0.29, 0.717) is 6.04 Å². The van der Waals surface area contributed by atoms with Crippen LogP contribution in [-0.4, -0.2) is 31.3 Å². The summed E-state index contributed by atoms with van der Waals surface area (Å²) in [5.41, 5.74) is 2.47. The summed E-state index contributed by atoms with van der Waals surface area (Å²) in [5.74, 6) is 0. The number of halogens is 1. The van der Waals surface area contributed by atoms with E-state index in [9.17, 15) is 5.11 Å². The van der Waals surface area contributed by atoms with E-state index in [1.54, 1.807) is 0 Å². The number of benzene rings is 1. The van der Waals surface area contributed by atoms with Crippen molar-refractivity contribution in [2.24, 2.45) is 0 Å². The summed E-state index contributed by atoms with van der Waals surface area (Å²) >= 11 is 3.67. The van der Waals surface area contributed by atoms with E-state index in [2.05, 4.69) is 51.3 Å². The lowest BCUT2D eigenvalue weighted by Crippen LogP contribution is -2.41. The molecule has 1 saturated heterocycles. The highest BCUT2D eigenvalue weighted by Gasteiger charge is 2.22. The molecule has 1 aliphatic rings. The molecule has 2 N–H and O–H groups in total. The molecule has 1 aliphatic heterocycles. The third-order valence-corrected chi connectivity index (χ3v) is 4.74. The molecule has 0 spiro atoms. The standard InChI is InChI=1S/C15H23BrN2O/c1-11(17-2)14-7-6-12(9-15(14)16)18-8-4-3-5-13(18)10-19/h6-7,9,11,13,17,19H,3-5,8,10H2,1-2H3. The molecule has 1 heterocycles. The molecule has 0 radical (unpaired) electrons. The number of anilines is 1. The molecule has 1 aromatic rings. The molecule has 0 bridgehead atoms. The topological polar surface area (TPSA) is 35.5 Å². The maximum Gasteiger partial charge on any atom is 0.0635 e. The number of rotatable bonds is 4. The number of hydrogen-bond donors (Lipinski definition) is 2. The van der Waals surface area contributed by atoms with Crippen LogP contribution in [0.5, 0.6) is 0 Å². The number of nitrogens with zero attached hydrogens (tertiary/aromatic N) is 1. The van der Waals surface area contributed by atoms with E-state index in [1.165, 1.54) is 24.1 Å². The molecule has 4 heteroatoms. The highest BCUT2D eigenvalue weighted by Crippen LogP contribution is 2.31. The molecule has 1 fully saturated rings. The largest absolute Gasteiger partial charge is 0.394 e. The zero-order valence-corrected chi connectivity index (χ0v) is 13.3.